The minimum absolute atomic E-state index is 0.176. The molecule has 0 N–H and O–H groups in total. The van der Waals surface area contributed by atoms with Gasteiger partial charge in [-0.3, -0.25) is 9.36 Å². The van der Waals surface area contributed by atoms with Gasteiger partial charge in [0.25, 0.3) is 5.56 Å². The summed E-state index contributed by atoms with van der Waals surface area (Å²) < 4.78 is 31.4. The van der Waals surface area contributed by atoms with Crippen molar-refractivity contribution in [1.29, 1.82) is 0 Å². The number of benzene rings is 2. The van der Waals surface area contributed by atoms with Crippen molar-refractivity contribution in [3.63, 3.8) is 0 Å². The first kappa shape index (κ1) is 23.4. The van der Waals surface area contributed by atoms with Gasteiger partial charge in [-0.25, -0.2) is 14.2 Å². The first-order valence-electron chi connectivity index (χ1n) is 10.5. The summed E-state index contributed by atoms with van der Waals surface area (Å²) in [4.78, 5) is 31.4. The Hall–Kier alpha value is -3.72. The first-order chi connectivity index (χ1) is 16.4. The van der Waals surface area contributed by atoms with E-state index in [1.807, 2.05) is 6.07 Å². The van der Waals surface area contributed by atoms with Crippen molar-refractivity contribution in [2.24, 2.45) is 4.99 Å². The summed E-state index contributed by atoms with van der Waals surface area (Å²) >= 11 is 1.21. The maximum Gasteiger partial charge on any atom is 0.338 e. The van der Waals surface area contributed by atoms with E-state index >= 15 is 0 Å². The molecule has 9 heteroatoms. The predicted molar refractivity (Wildman–Crippen MR) is 126 cm³/mol. The fourth-order valence-electron chi connectivity index (χ4n) is 3.85. The van der Waals surface area contributed by atoms with Crippen LogP contribution in [0.1, 0.15) is 31.0 Å². The van der Waals surface area contributed by atoms with Crippen molar-refractivity contribution in [2.75, 3.05) is 20.8 Å². The Labute approximate surface area is 199 Å². The van der Waals surface area contributed by atoms with Crippen LogP contribution in [0.2, 0.25) is 0 Å². The van der Waals surface area contributed by atoms with Crippen LogP contribution in [0, 0.1) is 5.82 Å². The molecule has 0 amide bonds. The summed E-state index contributed by atoms with van der Waals surface area (Å²) in [5, 5.41) is 0. The molecule has 0 spiro atoms. The molecule has 0 fully saturated rings. The zero-order chi connectivity index (χ0) is 24.4. The maximum atomic E-state index is 13.6. The van der Waals surface area contributed by atoms with Gasteiger partial charge >= 0.3 is 5.97 Å². The fourth-order valence-corrected chi connectivity index (χ4v) is 4.89. The lowest BCUT2D eigenvalue weighted by Crippen LogP contribution is -2.39. The number of carbonyl (C=O) groups excluding carboxylic acids is 1. The highest BCUT2D eigenvalue weighted by atomic mass is 32.1. The molecule has 1 aliphatic rings. The molecule has 0 unspecified atom stereocenters. The molecule has 1 aliphatic heterocycles. The van der Waals surface area contributed by atoms with E-state index in [1.165, 1.54) is 35.1 Å². The summed E-state index contributed by atoms with van der Waals surface area (Å²) in [7, 11) is 3.09. The second kappa shape index (κ2) is 9.64. The van der Waals surface area contributed by atoms with Crippen LogP contribution in [0.25, 0.3) is 6.08 Å². The van der Waals surface area contributed by atoms with Crippen LogP contribution in [-0.4, -0.2) is 31.4 Å². The van der Waals surface area contributed by atoms with Gasteiger partial charge < -0.3 is 14.2 Å². The molecule has 7 nitrogen and oxygen atoms in total. The second-order valence-electron chi connectivity index (χ2n) is 7.47. The highest BCUT2D eigenvalue weighted by molar-refractivity contribution is 7.07. The van der Waals surface area contributed by atoms with Crippen molar-refractivity contribution >= 4 is 23.4 Å². The number of thiazole rings is 1. The maximum absolute atomic E-state index is 13.6. The molecule has 1 aromatic heterocycles. The minimum atomic E-state index is -0.788. The number of rotatable bonds is 6. The van der Waals surface area contributed by atoms with Gasteiger partial charge in [-0.05, 0) is 55.3 Å². The zero-order valence-corrected chi connectivity index (χ0v) is 19.9. The lowest BCUT2D eigenvalue weighted by Gasteiger charge is -2.24. The Morgan fingerprint density at radius 3 is 2.50 bits per heavy atom. The van der Waals surface area contributed by atoms with E-state index in [2.05, 4.69) is 4.99 Å². The van der Waals surface area contributed by atoms with Gasteiger partial charge in [0, 0.05) is 0 Å². The molecule has 0 saturated heterocycles. The fraction of sp³-hybridized carbons (Fsp3) is 0.240. The number of fused-ring (bicyclic) bond motifs is 1. The lowest BCUT2D eigenvalue weighted by atomic mass is 9.96. The topological polar surface area (TPSA) is 79.1 Å². The first-order valence-corrected chi connectivity index (χ1v) is 11.4. The monoisotopic (exact) mass is 482 g/mol. The number of methoxy groups -OCH3 is 2. The number of carbonyl (C=O) groups is 1. The normalized spacial score (nSPS) is 15.6. The van der Waals surface area contributed by atoms with Crippen LogP contribution in [0.4, 0.5) is 4.39 Å². The van der Waals surface area contributed by atoms with E-state index in [-0.39, 0.29) is 17.7 Å². The number of halogens is 1. The van der Waals surface area contributed by atoms with Crippen LogP contribution in [-0.2, 0) is 9.53 Å². The molecule has 0 radical (unpaired) electrons. The van der Waals surface area contributed by atoms with E-state index < -0.39 is 17.8 Å². The van der Waals surface area contributed by atoms with Crippen LogP contribution in [0.3, 0.4) is 0 Å². The summed E-state index contributed by atoms with van der Waals surface area (Å²) in [6.07, 6.45) is 1.73. The molecule has 0 saturated carbocycles. The van der Waals surface area contributed by atoms with Gasteiger partial charge in [0.15, 0.2) is 16.3 Å². The van der Waals surface area contributed by atoms with Gasteiger partial charge in [-0.1, -0.05) is 29.5 Å². The zero-order valence-electron chi connectivity index (χ0n) is 19.1. The van der Waals surface area contributed by atoms with Crippen molar-refractivity contribution in [3.05, 3.63) is 90.4 Å². The molecule has 34 heavy (non-hydrogen) atoms. The number of ether oxygens (including phenoxy) is 3. The van der Waals surface area contributed by atoms with Gasteiger partial charge in [-0.2, -0.15) is 0 Å². The SMILES string of the molecule is CCOC(=O)C1=C(C)N=c2s/c(=C\c3ccc(OC)c(OC)c3)c(=O)n2[C@@H]1c1ccc(F)cc1. The molecule has 2 heterocycles. The second-order valence-corrected chi connectivity index (χ2v) is 8.48. The van der Waals surface area contributed by atoms with E-state index in [0.717, 1.165) is 5.56 Å². The summed E-state index contributed by atoms with van der Waals surface area (Å²) in [6, 6.07) is 10.3. The summed E-state index contributed by atoms with van der Waals surface area (Å²) in [5.74, 6) is 0.135. The van der Waals surface area contributed by atoms with Crippen molar-refractivity contribution in [2.45, 2.75) is 19.9 Å². The standard InChI is InChI=1S/C25H23FN2O5S/c1-5-33-24(30)21-14(2)27-25-28(22(21)16-7-9-17(26)10-8-16)23(29)20(34-25)13-15-6-11-18(31-3)19(12-15)32-4/h6-13,22H,5H2,1-4H3/b20-13-/t22-/m1/s1. The average molecular weight is 483 g/mol. The molecule has 1 atom stereocenters. The number of aromatic nitrogens is 1. The van der Waals surface area contributed by atoms with E-state index in [1.54, 1.807) is 51.3 Å². The summed E-state index contributed by atoms with van der Waals surface area (Å²) in [6.45, 7) is 3.59. The van der Waals surface area contributed by atoms with Crippen molar-refractivity contribution < 1.29 is 23.4 Å². The van der Waals surface area contributed by atoms with Crippen LogP contribution in [0.5, 0.6) is 11.5 Å². The molecule has 2 aromatic carbocycles. The average Bonchev–Trinajstić information content (AvgIpc) is 3.13. The van der Waals surface area contributed by atoms with Crippen molar-refractivity contribution in [1.82, 2.24) is 4.57 Å². The van der Waals surface area contributed by atoms with Gasteiger partial charge in [-0.15, -0.1) is 0 Å². The number of hydrogen-bond acceptors (Lipinski definition) is 7. The predicted octanol–water partition coefficient (Wildman–Crippen LogP) is 2.95. The molecule has 3 aromatic rings. The number of allylic oxidation sites excluding steroid dienone is 1. The molecule has 4 rings (SSSR count). The lowest BCUT2D eigenvalue weighted by molar-refractivity contribution is -0.139. The molecular formula is C25H23FN2O5S. The van der Waals surface area contributed by atoms with E-state index in [0.29, 0.717) is 32.1 Å². The Kier molecular flexibility index (Phi) is 6.65. The number of hydrogen-bond donors (Lipinski definition) is 0. The van der Waals surface area contributed by atoms with E-state index in [4.69, 9.17) is 14.2 Å². The third-order valence-corrected chi connectivity index (χ3v) is 6.39. The molecule has 0 aliphatic carbocycles. The van der Waals surface area contributed by atoms with E-state index in [9.17, 15) is 14.0 Å². The quantitative estimate of drug-likeness (QED) is 0.505. The molecule has 0 bridgehead atoms. The third kappa shape index (κ3) is 4.26. The Morgan fingerprint density at radius 1 is 1.15 bits per heavy atom. The van der Waals surface area contributed by atoms with Crippen LogP contribution < -0.4 is 24.4 Å². The van der Waals surface area contributed by atoms with Gasteiger partial charge in [0.05, 0.1) is 42.7 Å². The van der Waals surface area contributed by atoms with Crippen molar-refractivity contribution in [3.8, 4) is 11.5 Å². The molecule has 176 valence electrons. The highest BCUT2D eigenvalue weighted by Gasteiger charge is 2.33. The van der Waals surface area contributed by atoms with Crippen LogP contribution >= 0.6 is 11.3 Å². The molecular weight excluding hydrogens is 459 g/mol. The Balaban J connectivity index is 1.92. The summed E-state index contributed by atoms with van der Waals surface area (Å²) in [5.41, 5.74) is 1.70. The Morgan fingerprint density at radius 2 is 1.85 bits per heavy atom. The third-order valence-electron chi connectivity index (χ3n) is 5.41. The highest BCUT2D eigenvalue weighted by Crippen LogP contribution is 2.31. The van der Waals surface area contributed by atoms with Crippen LogP contribution in [0.15, 0.2) is 63.5 Å². The smallest absolute Gasteiger partial charge is 0.338 e. The minimum Gasteiger partial charge on any atom is -0.493 e. The number of esters is 1. The Bertz CT molecular complexity index is 1450. The van der Waals surface area contributed by atoms with Gasteiger partial charge in [0.1, 0.15) is 5.82 Å². The van der Waals surface area contributed by atoms with Gasteiger partial charge in [0.2, 0.25) is 0 Å². The largest absolute Gasteiger partial charge is 0.493 e. The number of nitrogens with zero attached hydrogens (tertiary/aromatic N) is 2.